The highest BCUT2D eigenvalue weighted by Gasteiger charge is 2.08. The highest BCUT2D eigenvalue weighted by Crippen LogP contribution is 2.10. The molecule has 0 unspecified atom stereocenters. The monoisotopic (exact) mass is 239 g/mol. The van der Waals surface area contributed by atoms with Gasteiger partial charge in [-0.3, -0.25) is 4.79 Å². The van der Waals surface area contributed by atoms with Crippen LogP contribution < -0.4 is 0 Å². The lowest BCUT2D eigenvalue weighted by Gasteiger charge is -1.94. The maximum atomic E-state index is 11.9. The molecule has 1 aromatic carbocycles. The van der Waals surface area contributed by atoms with Crippen molar-refractivity contribution in [2.24, 2.45) is 0 Å². The molecule has 2 heterocycles. The molecule has 0 saturated heterocycles. The van der Waals surface area contributed by atoms with Gasteiger partial charge < -0.3 is 4.42 Å². The molecule has 0 N–H and O–H groups in total. The predicted octanol–water partition coefficient (Wildman–Crippen LogP) is 2.38. The molecule has 0 fully saturated rings. The van der Waals surface area contributed by atoms with E-state index in [-0.39, 0.29) is 5.91 Å². The van der Waals surface area contributed by atoms with Gasteiger partial charge in [-0.1, -0.05) is 17.3 Å². The Labute approximate surface area is 102 Å². The van der Waals surface area contributed by atoms with Gasteiger partial charge in [0.25, 0.3) is 5.91 Å². The second kappa shape index (κ2) is 4.29. The molecule has 0 radical (unpaired) electrons. The van der Waals surface area contributed by atoms with Crippen molar-refractivity contribution in [1.82, 2.24) is 15.0 Å². The first-order valence-corrected chi connectivity index (χ1v) is 5.41. The maximum absolute atomic E-state index is 11.9. The minimum absolute atomic E-state index is 0.264. The van der Waals surface area contributed by atoms with Gasteiger partial charge in [0.15, 0.2) is 0 Å². The average molecular weight is 239 g/mol. The van der Waals surface area contributed by atoms with Crippen molar-refractivity contribution >= 4 is 23.0 Å². The Morgan fingerprint density at radius 3 is 2.94 bits per heavy atom. The van der Waals surface area contributed by atoms with Crippen molar-refractivity contribution in [2.45, 2.75) is 0 Å². The van der Waals surface area contributed by atoms with Gasteiger partial charge in [0.05, 0.1) is 11.8 Å². The third-order valence-electron chi connectivity index (χ3n) is 2.49. The Kier molecular flexibility index (Phi) is 2.49. The molecule has 3 rings (SSSR count). The predicted molar refractivity (Wildman–Crippen MR) is 65.9 cm³/mol. The van der Waals surface area contributed by atoms with Gasteiger partial charge in [0, 0.05) is 6.08 Å². The van der Waals surface area contributed by atoms with Crippen LogP contribution in [-0.4, -0.2) is 20.9 Å². The van der Waals surface area contributed by atoms with Crippen LogP contribution in [-0.2, 0) is 0 Å². The highest BCUT2D eigenvalue weighted by atomic mass is 16.3. The summed E-state index contributed by atoms with van der Waals surface area (Å²) in [6.07, 6.45) is 4.55. The highest BCUT2D eigenvalue weighted by molar-refractivity contribution is 5.97. The van der Waals surface area contributed by atoms with E-state index >= 15 is 0 Å². The molecule has 0 aliphatic carbocycles. The SMILES string of the molecule is O=C(/C=C/c1ccco1)n1nnc2ccccc21. The standard InChI is InChI=1S/C13H9N3O2/c17-13(8-7-10-4-3-9-18-10)16-12-6-2-1-5-11(12)14-15-16/h1-9H/b8-7+. The topological polar surface area (TPSA) is 60.9 Å². The Bertz CT molecular complexity index is 711. The summed E-state index contributed by atoms with van der Waals surface area (Å²) in [5, 5.41) is 7.75. The second-order valence-corrected chi connectivity index (χ2v) is 3.68. The Morgan fingerprint density at radius 2 is 2.11 bits per heavy atom. The number of furan rings is 1. The molecule has 3 aromatic rings. The van der Waals surface area contributed by atoms with Crippen LogP contribution in [0.25, 0.3) is 17.1 Å². The van der Waals surface area contributed by atoms with Crippen LogP contribution >= 0.6 is 0 Å². The van der Waals surface area contributed by atoms with Gasteiger partial charge in [-0.25, -0.2) is 0 Å². The van der Waals surface area contributed by atoms with Crippen LogP contribution in [0, 0.1) is 0 Å². The zero-order chi connectivity index (χ0) is 12.4. The molecule has 5 heteroatoms. The number of fused-ring (bicyclic) bond motifs is 1. The van der Waals surface area contributed by atoms with E-state index in [1.807, 2.05) is 18.2 Å². The van der Waals surface area contributed by atoms with E-state index in [2.05, 4.69) is 10.3 Å². The number of rotatable bonds is 2. The molecule has 5 nitrogen and oxygen atoms in total. The zero-order valence-electron chi connectivity index (χ0n) is 9.35. The van der Waals surface area contributed by atoms with Crippen molar-refractivity contribution < 1.29 is 9.21 Å². The van der Waals surface area contributed by atoms with Gasteiger partial charge in [-0.15, -0.1) is 5.10 Å². The van der Waals surface area contributed by atoms with Crippen molar-refractivity contribution in [1.29, 1.82) is 0 Å². The number of hydrogen-bond acceptors (Lipinski definition) is 4. The van der Waals surface area contributed by atoms with Crippen LogP contribution in [0.4, 0.5) is 0 Å². The number of hydrogen-bond donors (Lipinski definition) is 0. The van der Waals surface area contributed by atoms with Crippen molar-refractivity contribution in [3.05, 3.63) is 54.5 Å². The molecule has 0 saturated carbocycles. The smallest absolute Gasteiger partial charge is 0.273 e. The van der Waals surface area contributed by atoms with E-state index in [1.165, 1.54) is 10.8 Å². The van der Waals surface area contributed by atoms with Crippen LogP contribution in [0.2, 0.25) is 0 Å². The summed E-state index contributed by atoms with van der Waals surface area (Å²) in [6, 6.07) is 10.8. The normalized spacial score (nSPS) is 11.3. The van der Waals surface area contributed by atoms with Gasteiger partial charge in [0.1, 0.15) is 11.3 Å². The third-order valence-corrected chi connectivity index (χ3v) is 2.49. The summed E-state index contributed by atoms with van der Waals surface area (Å²) in [5.74, 6) is 0.355. The molecular formula is C13H9N3O2. The van der Waals surface area contributed by atoms with E-state index in [0.29, 0.717) is 16.8 Å². The van der Waals surface area contributed by atoms with Crippen molar-refractivity contribution in [3.63, 3.8) is 0 Å². The van der Waals surface area contributed by atoms with Crippen molar-refractivity contribution in [2.75, 3.05) is 0 Å². The fourth-order valence-corrected chi connectivity index (χ4v) is 1.64. The minimum Gasteiger partial charge on any atom is -0.465 e. The Hall–Kier alpha value is -2.69. The summed E-state index contributed by atoms with van der Waals surface area (Å²) in [6.45, 7) is 0. The molecule has 0 aliphatic heterocycles. The molecule has 0 atom stereocenters. The Morgan fingerprint density at radius 1 is 1.22 bits per heavy atom. The molecule has 0 aliphatic rings. The number of carbonyl (C=O) groups is 1. The number of benzene rings is 1. The van der Waals surface area contributed by atoms with E-state index in [1.54, 1.807) is 30.5 Å². The lowest BCUT2D eigenvalue weighted by molar-refractivity contribution is 0.0958. The molecule has 0 amide bonds. The van der Waals surface area contributed by atoms with Gasteiger partial charge in [0.2, 0.25) is 0 Å². The third kappa shape index (κ3) is 1.82. The molecule has 0 spiro atoms. The number of nitrogens with zero attached hydrogens (tertiary/aromatic N) is 3. The number of carbonyl (C=O) groups excluding carboxylic acids is 1. The van der Waals surface area contributed by atoms with E-state index in [9.17, 15) is 4.79 Å². The number of allylic oxidation sites excluding steroid dienone is 1. The average Bonchev–Trinajstić information content (AvgIpc) is 3.05. The van der Waals surface area contributed by atoms with Crippen LogP contribution in [0.15, 0.2) is 53.2 Å². The number of para-hydroxylation sites is 1. The van der Waals surface area contributed by atoms with Crippen molar-refractivity contribution in [3.8, 4) is 0 Å². The fraction of sp³-hybridized carbons (Fsp3) is 0. The van der Waals surface area contributed by atoms with E-state index in [0.717, 1.165) is 0 Å². The lowest BCUT2D eigenvalue weighted by Crippen LogP contribution is -2.08. The Balaban J connectivity index is 1.93. The fourth-order valence-electron chi connectivity index (χ4n) is 1.64. The van der Waals surface area contributed by atoms with Gasteiger partial charge in [-0.2, -0.15) is 4.68 Å². The second-order valence-electron chi connectivity index (χ2n) is 3.68. The first-order chi connectivity index (χ1) is 8.84. The molecule has 18 heavy (non-hydrogen) atoms. The molecule has 2 aromatic heterocycles. The van der Waals surface area contributed by atoms with Crippen LogP contribution in [0.5, 0.6) is 0 Å². The minimum atomic E-state index is -0.264. The number of aromatic nitrogens is 3. The largest absolute Gasteiger partial charge is 0.465 e. The first kappa shape index (κ1) is 10.5. The molecular weight excluding hydrogens is 230 g/mol. The first-order valence-electron chi connectivity index (χ1n) is 5.41. The van der Waals surface area contributed by atoms with E-state index < -0.39 is 0 Å². The quantitative estimate of drug-likeness (QED) is 0.644. The van der Waals surface area contributed by atoms with Crippen LogP contribution in [0.1, 0.15) is 10.6 Å². The van der Waals surface area contributed by atoms with Crippen LogP contribution in [0.3, 0.4) is 0 Å². The molecule has 0 bridgehead atoms. The lowest BCUT2D eigenvalue weighted by atomic mass is 10.3. The summed E-state index contributed by atoms with van der Waals surface area (Å²) >= 11 is 0. The van der Waals surface area contributed by atoms with E-state index in [4.69, 9.17) is 4.42 Å². The maximum Gasteiger partial charge on any atom is 0.273 e. The summed E-state index contributed by atoms with van der Waals surface area (Å²) < 4.78 is 6.36. The molecule has 88 valence electrons. The zero-order valence-corrected chi connectivity index (χ0v) is 9.35. The summed E-state index contributed by atoms with van der Waals surface area (Å²) in [7, 11) is 0. The van der Waals surface area contributed by atoms with Gasteiger partial charge >= 0.3 is 0 Å². The summed E-state index contributed by atoms with van der Waals surface area (Å²) in [4.78, 5) is 11.9. The summed E-state index contributed by atoms with van der Waals surface area (Å²) in [5.41, 5.74) is 1.38. The van der Waals surface area contributed by atoms with Gasteiger partial charge in [-0.05, 0) is 30.3 Å².